The van der Waals surface area contributed by atoms with E-state index < -0.39 is 5.54 Å². The van der Waals surface area contributed by atoms with Gasteiger partial charge in [-0.25, -0.2) is 0 Å². The summed E-state index contributed by atoms with van der Waals surface area (Å²) < 4.78 is 11.8. The Kier molecular flexibility index (Phi) is 3.57. The molecule has 4 aromatic rings. The minimum Gasteiger partial charge on any atom is -0.460 e. The highest BCUT2D eigenvalue weighted by atomic mass is 16.3. The van der Waals surface area contributed by atoms with Gasteiger partial charge < -0.3 is 24.4 Å². The molecular weight excluding hydrogens is 306 g/mol. The van der Waals surface area contributed by atoms with Gasteiger partial charge in [0, 0.05) is 16.2 Å². The lowest BCUT2D eigenvalue weighted by Crippen LogP contribution is -2.48. The molecule has 2 aromatic heterocycles. The minimum atomic E-state index is -0.739. The molecular formula is C19H19NO4. The number of nitrogens with one attached hydrogen (secondary N) is 1. The molecule has 0 saturated carbocycles. The van der Waals surface area contributed by atoms with Crippen molar-refractivity contribution in [3.8, 4) is 0 Å². The van der Waals surface area contributed by atoms with E-state index in [0.29, 0.717) is 6.54 Å². The van der Waals surface area contributed by atoms with Gasteiger partial charge in [0.25, 0.3) is 0 Å². The van der Waals surface area contributed by atoms with Gasteiger partial charge in [0.05, 0.1) is 25.3 Å². The first-order valence-electron chi connectivity index (χ1n) is 7.93. The van der Waals surface area contributed by atoms with Crippen LogP contribution in [-0.2, 0) is 6.54 Å². The number of benzene rings is 2. The van der Waals surface area contributed by atoms with E-state index in [2.05, 4.69) is 5.32 Å². The zero-order valence-electron chi connectivity index (χ0n) is 13.4. The Balaban J connectivity index is 1.79. The lowest BCUT2D eigenvalue weighted by Gasteiger charge is -2.25. The summed E-state index contributed by atoms with van der Waals surface area (Å²) in [6.07, 6.45) is 0. The van der Waals surface area contributed by atoms with Crippen molar-refractivity contribution >= 4 is 32.9 Å². The van der Waals surface area contributed by atoms with Crippen LogP contribution in [-0.4, -0.2) is 29.0 Å². The highest BCUT2D eigenvalue weighted by Gasteiger charge is 2.22. The summed E-state index contributed by atoms with van der Waals surface area (Å²) in [5.41, 5.74) is 1.74. The maximum atomic E-state index is 9.37. The van der Waals surface area contributed by atoms with Gasteiger partial charge in [0.15, 0.2) is 0 Å². The summed E-state index contributed by atoms with van der Waals surface area (Å²) in [6.45, 7) is 1.88. The highest BCUT2D eigenvalue weighted by Crippen LogP contribution is 2.35. The molecule has 124 valence electrons. The first-order chi connectivity index (χ1) is 11.6. The Hall–Kier alpha value is -2.34. The Morgan fingerprint density at radius 2 is 1.62 bits per heavy atom. The van der Waals surface area contributed by atoms with E-state index in [1.807, 2.05) is 42.5 Å². The van der Waals surface area contributed by atoms with Crippen LogP contribution in [0.2, 0.25) is 0 Å². The monoisotopic (exact) mass is 325 g/mol. The molecule has 0 radical (unpaired) electrons. The number of rotatable bonds is 5. The molecule has 0 fully saturated rings. The predicted molar refractivity (Wildman–Crippen MR) is 92.9 cm³/mol. The fourth-order valence-electron chi connectivity index (χ4n) is 2.94. The smallest absolute Gasteiger partial charge is 0.136 e. The second-order valence-corrected chi connectivity index (χ2v) is 6.39. The van der Waals surface area contributed by atoms with Gasteiger partial charge >= 0.3 is 0 Å². The normalized spacial score (nSPS) is 12.6. The minimum absolute atomic E-state index is 0.152. The summed E-state index contributed by atoms with van der Waals surface area (Å²) in [7, 11) is 0. The third-order valence-corrected chi connectivity index (χ3v) is 4.48. The Labute approximate surface area is 138 Å². The Morgan fingerprint density at radius 3 is 2.42 bits per heavy atom. The van der Waals surface area contributed by atoms with Gasteiger partial charge in [-0.15, -0.1) is 0 Å². The van der Waals surface area contributed by atoms with Crippen molar-refractivity contribution < 1.29 is 19.0 Å². The Morgan fingerprint density at radius 1 is 0.917 bits per heavy atom. The zero-order valence-corrected chi connectivity index (χ0v) is 13.4. The molecule has 0 aliphatic heterocycles. The highest BCUT2D eigenvalue weighted by molar-refractivity contribution is 6.17. The van der Waals surface area contributed by atoms with Crippen LogP contribution in [0.5, 0.6) is 0 Å². The van der Waals surface area contributed by atoms with Crippen molar-refractivity contribution in [2.45, 2.75) is 19.0 Å². The van der Waals surface area contributed by atoms with Crippen LogP contribution in [0, 0.1) is 0 Å². The fourth-order valence-corrected chi connectivity index (χ4v) is 2.94. The van der Waals surface area contributed by atoms with Crippen molar-refractivity contribution in [3.05, 3.63) is 48.2 Å². The van der Waals surface area contributed by atoms with E-state index in [1.54, 1.807) is 6.92 Å². The van der Waals surface area contributed by atoms with Gasteiger partial charge in [0.2, 0.25) is 0 Å². The van der Waals surface area contributed by atoms with Crippen molar-refractivity contribution in [1.82, 2.24) is 5.32 Å². The Bertz CT molecular complexity index is 1010. The van der Waals surface area contributed by atoms with Crippen LogP contribution >= 0.6 is 0 Å². The molecule has 2 heterocycles. The molecule has 0 aliphatic rings. The van der Waals surface area contributed by atoms with E-state index in [-0.39, 0.29) is 13.2 Å². The fraction of sp³-hybridized carbons (Fsp3) is 0.263. The molecule has 4 rings (SSSR count). The van der Waals surface area contributed by atoms with E-state index in [1.165, 1.54) is 0 Å². The maximum Gasteiger partial charge on any atom is 0.136 e. The van der Waals surface area contributed by atoms with Gasteiger partial charge in [-0.1, -0.05) is 18.2 Å². The van der Waals surface area contributed by atoms with Gasteiger partial charge in [0.1, 0.15) is 22.5 Å². The largest absolute Gasteiger partial charge is 0.460 e. The van der Waals surface area contributed by atoms with Gasteiger partial charge in [-0.3, -0.25) is 0 Å². The molecule has 5 nitrogen and oxygen atoms in total. The quantitative estimate of drug-likeness (QED) is 0.525. The predicted octanol–water partition coefficient (Wildman–Crippen LogP) is 3.17. The number of furan rings is 2. The lowest BCUT2D eigenvalue weighted by molar-refractivity contribution is 0.101. The van der Waals surface area contributed by atoms with Crippen LogP contribution in [0.3, 0.4) is 0 Å². The zero-order chi connectivity index (χ0) is 16.7. The van der Waals surface area contributed by atoms with Crippen LogP contribution in [0.25, 0.3) is 32.9 Å². The number of aliphatic hydroxyl groups is 2. The molecule has 0 aliphatic carbocycles. The first-order valence-corrected chi connectivity index (χ1v) is 7.93. The number of fused-ring (bicyclic) bond motifs is 5. The molecule has 0 spiro atoms. The summed E-state index contributed by atoms with van der Waals surface area (Å²) in [5, 5.41) is 25.0. The van der Waals surface area contributed by atoms with Crippen molar-refractivity contribution in [2.75, 3.05) is 13.2 Å². The van der Waals surface area contributed by atoms with Crippen LogP contribution < -0.4 is 5.32 Å². The number of hydrogen-bond acceptors (Lipinski definition) is 5. The van der Waals surface area contributed by atoms with Crippen molar-refractivity contribution in [2.24, 2.45) is 0 Å². The maximum absolute atomic E-state index is 9.37. The van der Waals surface area contributed by atoms with E-state index in [9.17, 15) is 10.2 Å². The van der Waals surface area contributed by atoms with Crippen LogP contribution in [0.15, 0.2) is 51.3 Å². The molecule has 2 aromatic carbocycles. The second kappa shape index (κ2) is 5.63. The molecule has 5 heteroatoms. The second-order valence-electron chi connectivity index (χ2n) is 6.39. The summed E-state index contributed by atoms with van der Waals surface area (Å²) in [6, 6.07) is 13.8. The molecule has 24 heavy (non-hydrogen) atoms. The molecule has 3 N–H and O–H groups in total. The molecule has 0 bridgehead atoms. The molecule has 0 unspecified atom stereocenters. The topological polar surface area (TPSA) is 78.8 Å². The lowest BCUT2D eigenvalue weighted by atomic mass is 10.1. The van der Waals surface area contributed by atoms with Gasteiger partial charge in [-0.05, 0) is 31.2 Å². The van der Waals surface area contributed by atoms with Crippen LogP contribution in [0.1, 0.15) is 12.7 Å². The molecule has 0 amide bonds. The van der Waals surface area contributed by atoms with E-state index in [4.69, 9.17) is 8.83 Å². The first kappa shape index (κ1) is 15.2. The average molecular weight is 325 g/mol. The number of para-hydroxylation sites is 1. The number of hydrogen-bond donors (Lipinski definition) is 3. The molecule has 0 saturated heterocycles. The summed E-state index contributed by atoms with van der Waals surface area (Å²) in [4.78, 5) is 0. The van der Waals surface area contributed by atoms with E-state index in [0.717, 1.165) is 38.7 Å². The van der Waals surface area contributed by atoms with Gasteiger partial charge in [-0.2, -0.15) is 0 Å². The summed E-state index contributed by atoms with van der Waals surface area (Å²) >= 11 is 0. The van der Waals surface area contributed by atoms with Crippen molar-refractivity contribution in [3.63, 3.8) is 0 Å². The average Bonchev–Trinajstić information content (AvgIpc) is 3.19. The standard InChI is InChI=1S/C19H19NO4/c1-19(10-21,11-22)20-9-12-8-14-16(23-12)6-7-17-18(14)13-4-2-3-5-15(13)24-17/h2-8,20-22H,9-11H2,1H3. The van der Waals surface area contributed by atoms with Crippen molar-refractivity contribution in [1.29, 1.82) is 0 Å². The SMILES string of the molecule is CC(CO)(CO)NCc1cc2c(ccc3oc4ccccc4c32)o1. The third kappa shape index (κ3) is 2.38. The van der Waals surface area contributed by atoms with E-state index >= 15 is 0 Å². The third-order valence-electron chi connectivity index (χ3n) is 4.48. The molecule has 0 atom stereocenters. The number of aliphatic hydroxyl groups excluding tert-OH is 2. The van der Waals surface area contributed by atoms with Crippen LogP contribution in [0.4, 0.5) is 0 Å². The summed E-state index contributed by atoms with van der Waals surface area (Å²) in [5.74, 6) is 0.746.